The van der Waals surface area contributed by atoms with Crippen LogP contribution >= 0.6 is 0 Å². The number of hydrogen-bond donors (Lipinski definition) is 1. The van der Waals surface area contributed by atoms with Gasteiger partial charge < -0.3 is 9.64 Å². The Morgan fingerprint density at radius 3 is 2.55 bits per heavy atom. The van der Waals surface area contributed by atoms with Gasteiger partial charge in [-0.05, 0) is 50.9 Å². The first kappa shape index (κ1) is 13.1. The standard InChI is InChI=1S/C16H26N2O2/c1-20-13-7-6-12(10-13)18-14(11-4-2-3-5-11)17-16(8-9-16)15(18)19/h11-14,17H,2-10H2,1H3. The van der Waals surface area contributed by atoms with Gasteiger partial charge in [0, 0.05) is 13.2 Å². The molecule has 3 aliphatic carbocycles. The first-order valence-corrected chi connectivity index (χ1v) is 8.37. The summed E-state index contributed by atoms with van der Waals surface area (Å²) in [5.41, 5.74) is -0.154. The molecule has 4 fully saturated rings. The van der Waals surface area contributed by atoms with Crippen molar-refractivity contribution in [3.8, 4) is 0 Å². The van der Waals surface area contributed by atoms with E-state index in [4.69, 9.17) is 4.74 Å². The molecule has 0 radical (unpaired) electrons. The van der Waals surface area contributed by atoms with E-state index >= 15 is 0 Å². The molecule has 1 heterocycles. The molecule has 3 saturated carbocycles. The molecule has 20 heavy (non-hydrogen) atoms. The summed E-state index contributed by atoms with van der Waals surface area (Å²) in [5, 5.41) is 3.73. The fourth-order valence-corrected chi connectivity index (χ4v) is 4.67. The van der Waals surface area contributed by atoms with Crippen LogP contribution in [0.4, 0.5) is 0 Å². The van der Waals surface area contributed by atoms with E-state index in [0.717, 1.165) is 32.1 Å². The zero-order valence-electron chi connectivity index (χ0n) is 12.4. The van der Waals surface area contributed by atoms with Crippen molar-refractivity contribution in [3.05, 3.63) is 0 Å². The predicted molar refractivity (Wildman–Crippen MR) is 76.1 cm³/mol. The zero-order valence-corrected chi connectivity index (χ0v) is 12.4. The normalized spacial score (nSPS) is 40.1. The number of carbonyl (C=O) groups is 1. The monoisotopic (exact) mass is 278 g/mol. The van der Waals surface area contributed by atoms with Crippen LogP contribution < -0.4 is 5.32 Å². The molecule has 0 aromatic heterocycles. The van der Waals surface area contributed by atoms with Gasteiger partial charge in [0.05, 0.1) is 17.8 Å². The maximum Gasteiger partial charge on any atom is 0.244 e. The topological polar surface area (TPSA) is 41.6 Å². The third kappa shape index (κ3) is 1.92. The van der Waals surface area contributed by atoms with E-state index in [1.807, 2.05) is 0 Å². The van der Waals surface area contributed by atoms with E-state index in [1.54, 1.807) is 7.11 Å². The summed E-state index contributed by atoms with van der Waals surface area (Å²) in [5.74, 6) is 1.08. The van der Waals surface area contributed by atoms with Crippen LogP contribution in [0.2, 0.25) is 0 Å². The van der Waals surface area contributed by atoms with Crippen LogP contribution in [0, 0.1) is 5.92 Å². The molecule has 1 saturated heterocycles. The highest BCUT2D eigenvalue weighted by molar-refractivity contribution is 5.92. The summed E-state index contributed by atoms with van der Waals surface area (Å²) >= 11 is 0. The Labute approximate surface area is 121 Å². The summed E-state index contributed by atoms with van der Waals surface area (Å²) in [7, 11) is 1.80. The van der Waals surface area contributed by atoms with Gasteiger partial charge in [0.15, 0.2) is 0 Å². The van der Waals surface area contributed by atoms with E-state index in [2.05, 4.69) is 10.2 Å². The number of nitrogens with one attached hydrogen (secondary N) is 1. The van der Waals surface area contributed by atoms with Gasteiger partial charge >= 0.3 is 0 Å². The molecular formula is C16H26N2O2. The number of carbonyl (C=O) groups excluding carboxylic acids is 1. The first-order chi connectivity index (χ1) is 9.73. The van der Waals surface area contributed by atoms with Gasteiger partial charge in [-0.2, -0.15) is 0 Å². The van der Waals surface area contributed by atoms with Gasteiger partial charge in [0.1, 0.15) is 0 Å². The minimum absolute atomic E-state index is 0.154. The second kappa shape index (κ2) is 4.70. The molecule has 1 aliphatic heterocycles. The zero-order chi connectivity index (χ0) is 13.7. The third-order valence-corrected chi connectivity index (χ3v) is 6.05. The lowest BCUT2D eigenvalue weighted by Gasteiger charge is -2.33. The second-order valence-corrected chi connectivity index (χ2v) is 7.25. The molecule has 4 aliphatic rings. The molecule has 4 rings (SSSR count). The van der Waals surface area contributed by atoms with Crippen molar-refractivity contribution in [2.24, 2.45) is 5.92 Å². The van der Waals surface area contributed by atoms with E-state index in [0.29, 0.717) is 30.1 Å². The number of amides is 1. The van der Waals surface area contributed by atoms with Crippen molar-refractivity contribution in [3.63, 3.8) is 0 Å². The van der Waals surface area contributed by atoms with Crippen molar-refractivity contribution in [1.82, 2.24) is 10.2 Å². The molecule has 1 spiro atoms. The van der Waals surface area contributed by atoms with Crippen molar-refractivity contribution >= 4 is 5.91 Å². The van der Waals surface area contributed by atoms with Crippen LogP contribution in [0.15, 0.2) is 0 Å². The molecule has 0 aromatic carbocycles. The molecule has 1 amide bonds. The summed E-state index contributed by atoms with van der Waals surface area (Å²) in [4.78, 5) is 15.1. The highest BCUT2D eigenvalue weighted by Crippen LogP contribution is 2.47. The Hall–Kier alpha value is -0.610. The van der Waals surface area contributed by atoms with Crippen molar-refractivity contribution < 1.29 is 9.53 Å². The van der Waals surface area contributed by atoms with E-state index in [9.17, 15) is 4.79 Å². The van der Waals surface area contributed by atoms with E-state index in [1.165, 1.54) is 25.7 Å². The molecule has 112 valence electrons. The lowest BCUT2D eigenvalue weighted by atomic mass is 10.0. The molecular weight excluding hydrogens is 252 g/mol. The van der Waals surface area contributed by atoms with Gasteiger partial charge in [-0.25, -0.2) is 0 Å². The average molecular weight is 278 g/mol. The minimum Gasteiger partial charge on any atom is -0.381 e. The van der Waals surface area contributed by atoms with Crippen LogP contribution in [0.25, 0.3) is 0 Å². The van der Waals surface area contributed by atoms with Gasteiger partial charge in [0.25, 0.3) is 0 Å². The number of ether oxygens (including phenoxy) is 1. The maximum atomic E-state index is 12.9. The molecule has 0 aromatic rings. The Morgan fingerprint density at radius 2 is 1.95 bits per heavy atom. The molecule has 1 N–H and O–H groups in total. The van der Waals surface area contributed by atoms with E-state index < -0.39 is 0 Å². The number of rotatable bonds is 3. The highest BCUT2D eigenvalue weighted by Gasteiger charge is 2.61. The van der Waals surface area contributed by atoms with Gasteiger partial charge in [0.2, 0.25) is 5.91 Å². The van der Waals surface area contributed by atoms with Crippen LogP contribution in [0.5, 0.6) is 0 Å². The average Bonchev–Trinajstić information content (AvgIpc) is 2.88. The van der Waals surface area contributed by atoms with E-state index in [-0.39, 0.29) is 5.54 Å². The van der Waals surface area contributed by atoms with Crippen LogP contribution in [0.3, 0.4) is 0 Å². The van der Waals surface area contributed by atoms with Crippen LogP contribution in [-0.2, 0) is 9.53 Å². The van der Waals surface area contributed by atoms with Gasteiger partial charge in [-0.1, -0.05) is 12.8 Å². The lowest BCUT2D eigenvalue weighted by Crippen LogP contribution is -2.47. The third-order valence-electron chi connectivity index (χ3n) is 6.05. The van der Waals surface area contributed by atoms with Crippen molar-refractivity contribution in [1.29, 1.82) is 0 Å². The predicted octanol–water partition coefficient (Wildman–Crippen LogP) is 2.03. The number of methoxy groups -OCH3 is 1. The summed E-state index contributed by atoms with van der Waals surface area (Å²) < 4.78 is 5.51. The molecule has 3 unspecified atom stereocenters. The van der Waals surface area contributed by atoms with Gasteiger partial charge in [-0.3, -0.25) is 10.1 Å². The Bertz CT molecular complexity index is 401. The van der Waals surface area contributed by atoms with Crippen molar-refractivity contribution in [2.45, 2.75) is 81.6 Å². The fraction of sp³-hybridized carbons (Fsp3) is 0.938. The largest absolute Gasteiger partial charge is 0.381 e. The summed E-state index contributed by atoms with van der Waals surface area (Å²) in [6.07, 6.45) is 11.3. The number of nitrogens with zero attached hydrogens (tertiary/aromatic N) is 1. The molecule has 4 heteroatoms. The quantitative estimate of drug-likeness (QED) is 0.859. The molecule has 4 nitrogen and oxygen atoms in total. The fourth-order valence-electron chi connectivity index (χ4n) is 4.67. The lowest BCUT2D eigenvalue weighted by molar-refractivity contribution is -0.133. The first-order valence-electron chi connectivity index (χ1n) is 8.37. The maximum absolute atomic E-state index is 12.9. The van der Waals surface area contributed by atoms with Gasteiger partial charge in [-0.15, -0.1) is 0 Å². The van der Waals surface area contributed by atoms with Crippen LogP contribution in [-0.4, -0.2) is 41.8 Å². The Balaban J connectivity index is 1.55. The molecule has 3 atom stereocenters. The highest BCUT2D eigenvalue weighted by atomic mass is 16.5. The summed E-state index contributed by atoms with van der Waals surface area (Å²) in [6.45, 7) is 0. The SMILES string of the molecule is COC1CCC(N2C(=O)C3(CC3)NC2C2CCCC2)C1. The smallest absolute Gasteiger partial charge is 0.244 e. The van der Waals surface area contributed by atoms with Crippen LogP contribution in [0.1, 0.15) is 57.8 Å². The second-order valence-electron chi connectivity index (χ2n) is 7.25. The Morgan fingerprint density at radius 1 is 1.20 bits per heavy atom. The number of hydrogen-bond acceptors (Lipinski definition) is 3. The Kier molecular flexibility index (Phi) is 3.08. The molecule has 0 bridgehead atoms. The summed E-state index contributed by atoms with van der Waals surface area (Å²) in [6, 6.07) is 0.408. The van der Waals surface area contributed by atoms with Crippen molar-refractivity contribution in [2.75, 3.05) is 7.11 Å². The minimum atomic E-state index is -0.154.